The van der Waals surface area contributed by atoms with Gasteiger partial charge in [0.25, 0.3) is 0 Å². The summed E-state index contributed by atoms with van der Waals surface area (Å²) in [4.78, 5) is 17.1. The van der Waals surface area contributed by atoms with Crippen molar-refractivity contribution in [2.75, 3.05) is 27.8 Å². The minimum absolute atomic E-state index is 0.0123. The molecule has 3 aliphatic heterocycles. The highest BCUT2D eigenvalue weighted by atomic mass is 16.6. The van der Waals surface area contributed by atoms with Crippen molar-refractivity contribution in [3.63, 3.8) is 0 Å². The average molecular weight is 565 g/mol. The lowest BCUT2D eigenvalue weighted by Gasteiger charge is -2.60. The number of alkyl carbamates (subject to hydrolysis) is 1. The number of benzene rings is 2. The number of ether oxygens (including phenoxy) is 3. The van der Waals surface area contributed by atoms with Crippen molar-refractivity contribution < 1.29 is 29.2 Å². The number of likely N-dealkylation sites (N-methyl/N-ethyl adjacent to an activating group) is 1. The summed E-state index contributed by atoms with van der Waals surface area (Å²) in [6.45, 7) is 9.29. The van der Waals surface area contributed by atoms with Crippen molar-refractivity contribution in [3.8, 4) is 29.1 Å². The molecular weight excluding hydrogens is 524 g/mol. The number of methoxy groups -OCH3 is 2. The molecule has 5 atom stereocenters. The van der Waals surface area contributed by atoms with Crippen LogP contribution in [0, 0.1) is 25.2 Å². The molecule has 10 heteroatoms. The number of carbonyl (C=O) groups excluding carboxylic acids is 1. The third-order valence-electron chi connectivity index (χ3n) is 8.75. The molecular formula is C31H40N4O6. The van der Waals surface area contributed by atoms with Gasteiger partial charge in [0, 0.05) is 29.8 Å². The molecule has 0 radical (unpaired) electrons. The molecule has 3 N–H and O–H groups in total. The maximum atomic E-state index is 12.8. The van der Waals surface area contributed by atoms with Gasteiger partial charge in [-0.2, -0.15) is 5.26 Å². The summed E-state index contributed by atoms with van der Waals surface area (Å²) >= 11 is 0. The lowest BCUT2D eigenvalue weighted by molar-refractivity contribution is -0.0724. The Bertz CT molecular complexity index is 1430. The second-order valence-electron chi connectivity index (χ2n) is 12.4. The van der Waals surface area contributed by atoms with Gasteiger partial charge in [-0.05, 0) is 76.8 Å². The van der Waals surface area contributed by atoms with E-state index in [1.807, 2.05) is 27.0 Å². The highest BCUT2D eigenvalue weighted by molar-refractivity contribution is 5.68. The number of phenolic OH excluding ortho intramolecular Hbond substituents is 2. The van der Waals surface area contributed by atoms with E-state index in [0.29, 0.717) is 29.9 Å². The zero-order valence-electron chi connectivity index (χ0n) is 25.0. The predicted molar refractivity (Wildman–Crippen MR) is 152 cm³/mol. The van der Waals surface area contributed by atoms with Gasteiger partial charge in [0.15, 0.2) is 23.0 Å². The number of nitriles is 1. The minimum atomic E-state index is -0.683. The minimum Gasteiger partial charge on any atom is -0.504 e. The van der Waals surface area contributed by atoms with Gasteiger partial charge >= 0.3 is 6.09 Å². The predicted octanol–water partition coefficient (Wildman–Crippen LogP) is 4.03. The van der Waals surface area contributed by atoms with Gasteiger partial charge in [0.05, 0.1) is 32.4 Å². The van der Waals surface area contributed by atoms with Crippen LogP contribution in [0.3, 0.4) is 0 Å². The van der Waals surface area contributed by atoms with E-state index in [9.17, 15) is 20.3 Å². The molecule has 1 fully saturated rings. The lowest BCUT2D eigenvalue weighted by atomic mass is 9.72. The number of carbonyl (C=O) groups is 1. The van der Waals surface area contributed by atoms with Crippen molar-refractivity contribution in [2.45, 2.75) is 83.3 Å². The zero-order chi connectivity index (χ0) is 30.0. The van der Waals surface area contributed by atoms with Crippen molar-refractivity contribution in [3.05, 3.63) is 45.5 Å². The highest BCUT2D eigenvalue weighted by Gasteiger charge is 2.55. The Morgan fingerprint density at radius 3 is 2.10 bits per heavy atom. The van der Waals surface area contributed by atoms with E-state index in [2.05, 4.69) is 27.3 Å². The van der Waals surface area contributed by atoms with Crippen LogP contribution in [0.15, 0.2) is 12.1 Å². The largest absolute Gasteiger partial charge is 0.504 e. The van der Waals surface area contributed by atoms with Crippen molar-refractivity contribution in [1.82, 2.24) is 15.1 Å². The third-order valence-corrected chi connectivity index (χ3v) is 8.75. The van der Waals surface area contributed by atoms with Crippen LogP contribution in [-0.4, -0.2) is 77.6 Å². The van der Waals surface area contributed by atoms with Crippen LogP contribution < -0.4 is 14.8 Å². The second kappa shape index (κ2) is 10.3. The molecule has 0 unspecified atom stereocenters. The van der Waals surface area contributed by atoms with Crippen LogP contribution in [-0.2, 0) is 17.6 Å². The first-order valence-electron chi connectivity index (χ1n) is 14.0. The maximum absolute atomic E-state index is 12.8. The number of piperazine rings is 1. The number of hydrogen-bond donors (Lipinski definition) is 3. The topological polar surface area (TPSA) is 128 Å². The van der Waals surface area contributed by atoms with Crippen LogP contribution >= 0.6 is 0 Å². The number of phenols is 2. The standard InChI is InChI=1S/C31H40N4O6/c1-15-9-17-12-20-25-24-18(10-16(2)29(40-8)27(24)37)11-19(34(25)6)21(13-32)35(20)22(23(17)26(36)28(15)39-7)14-33-30(38)41-31(3,4)5/h9-10,19-22,25,36-37H,11-12,14H2,1-8H3,(H,33,38)/t19-,20-,21-,22-,25-/m0/s1. The number of aryl methyl sites for hydroxylation is 2. The molecule has 41 heavy (non-hydrogen) atoms. The van der Waals surface area contributed by atoms with Gasteiger partial charge in [0.2, 0.25) is 0 Å². The van der Waals surface area contributed by atoms with E-state index in [4.69, 9.17) is 14.2 Å². The molecule has 220 valence electrons. The van der Waals surface area contributed by atoms with E-state index in [0.717, 1.165) is 27.8 Å². The maximum Gasteiger partial charge on any atom is 0.407 e. The summed E-state index contributed by atoms with van der Waals surface area (Å²) in [5, 5.41) is 36.5. The van der Waals surface area contributed by atoms with E-state index >= 15 is 0 Å². The Labute approximate surface area is 241 Å². The third kappa shape index (κ3) is 4.61. The van der Waals surface area contributed by atoms with Crippen LogP contribution in [0.5, 0.6) is 23.0 Å². The molecule has 2 bridgehead atoms. The molecule has 10 nitrogen and oxygen atoms in total. The van der Waals surface area contributed by atoms with E-state index in [-0.39, 0.29) is 36.2 Å². The number of nitrogens with zero attached hydrogens (tertiary/aromatic N) is 3. The van der Waals surface area contributed by atoms with Crippen LogP contribution in [0.4, 0.5) is 4.79 Å². The Morgan fingerprint density at radius 1 is 1.02 bits per heavy atom. The fourth-order valence-corrected chi connectivity index (χ4v) is 7.30. The van der Waals surface area contributed by atoms with Gasteiger partial charge in [-0.15, -0.1) is 0 Å². The fraction of sp³-hybridized carbons (Fsp3) is 0.548. The number of fused-ring (bicyclic) bond motifs is 7. The van der Waals surface area contributed by atoms with Crippen molar-refractivity contribution in [2.24, 2.45) is 0 Å². The normalized spacial score (nSPS) is 25.3. The molecule has 0 aromatic heterocycles. The Kier molecular flexibility index (Phi) is 7.24. The number of nitrogens with one attached hydrogen (secondary N) is 1. The summed E-state index contributed by atoms with van der Waals surface area (Å²) in [6.07, 6.45) is 0.501. The molecule has 0 aliphatic carbocycles. The van der Waals surface area contributed by atoms with E-state index in [1.54, 1.807) is 27.9 Å². The Morgan fingerprint density at radius 2 is 1.56 bits per heavy atom. The molecule has 2 aromatic rings. The Hall–Kier alpha value is -3.68. The monoisotopic (exact) mass is 564 g/mol. The van der Waals surface area contributed by atoms with Crippen LogP contribution in [0.2, 0.25) is 0 Å². The second-order valence-corrected chi connectivity index (χ2v) is 12.4. The molecule has 0 saturated carbocycles. The molecule has 3 heterocycles. The lowest BCUT2D eigenvalue weighted by Crippen LogP contribution is -2.68. The molecule has 3 aliphatic rings. The molecule has 1 saturated heterocycles. The number of hydrogen-bond acceptors (Lipinski definition) is 9. The fourth-order valence-electron chi connectivity index (χ4n) is 7.30. The number of aromatic hydroxyl groups is 2. The number of rotatable bonds is 4. The molecule has 2 aromatic carbocycles. The number of amides is 1. The molecule has 0 spiro atoms. The first-order chi connectivity index (χ1) is 19.3. The van der Waals surface area contributed by atoms with Gasteiger partial charge in [-0.25, -0.2) is 4.79 Å². The van der Waals surface area contributed by atoms with E-state index < -0.39 is 23.8 Å². The van der Waals surface area contributed by atoms with E-state index in [1.165, 1.54) is 7.11 Å². The van der Waals surface area contributed by atoms with Gasteiger partial charge < -0.3 is 29.7 Å². The van der Waals surface area contributed by atoms with Gasteiger partial charge in [0.1, 0.15) is 11.6 Å². The summed E-state index contributed by atoms with van der Waals surface area (Å²) in [5.74, 6) is 0.951. The van der Waals surface area contributed by atoms with Crippen molar-refractivity contribution in [1.29, 1.82) is 5.26 Å². The van der Waals surface area contributed by atoms with Crippen LogP contribution in [0.1, 0.15) is 66.2 Å². The first kappa shape index (κ1) is 28.8. The quantitative estimate of drug-likeness (QED) is 0.504. The van der Waals surface area contributed by atoms with Crippen molar-refractivity contribution >= 4 is 6.09 Å². The first-order valence-corrected chi connectivity index (χ1v) is 14.0. The molecule has 5 rings (SSSR count). The Balaban J connectivity index is 1.69. The zero-order valence-corrected chi connectivity index (χ0v) is 25.0. The SMILES string of the molecule is COc1c(C)cc2c(c1O)[C@@H]1[C@@H]3Cc4cc(C)c(OC)c(O)c4[C@H](CNC(=O)OC(C)(C)C)N3[C@@H](C#N)[C@H](C2)N1C. The van der Waals surface area contributed by atoms with Gasteiger partial charge in [-0.1, -0.05) is 12.1 Å². The average Bonchev–Trinajstić information content (AvgIpc) is 2.87. The highest BCUT2D eigenvalue weighted by Crippen LogP contribution is 2.55. The summed E-state index contributed by atoms with van der Waals surface area (Å²) in [7, 11) is 5.07. The molecule has 1 amide bonds. The summed E-state index contributed by atoms with van der Waals surface area (Å²) in [6, 6.07) is 4.84. The summed E-state index contributed by atoms with van der Waals surface area (Å²) in [5.41, 5.74) is 4.31. The smallest absolute Gasteiger partial charge is 0.407 e. The van der Waals surface area contributed by atoms with Gasteiger partial charge in [-0.3, -0.25) is 9.80 Å². The summed E-state index contributed by atoms with van der Waals surface area (Å²) < 4.78 is 16.7. The van der Waals surface area contributed by atoms with Crippen LogP contribution in [0.25, 0.3) is 0 Å².